The predicted molar refractivity (Wildman–Crippen MR) is 81.0 cm³/mol. The van der Waals surface area contributed by atoms with Crippen molar-refractivity contribution in [1.29, 1.82) is 5.26 Å². The van der Waals surface area contributed by atoms with Crippen LogP contribution in [0.2, 0.25) is 0 Å². The van der Waals surface area contributed by atoms with Gasteiger partial charge in [0.05, 0.1) is 11.8 Å². The molecule has 1 amide bonds. The van der Waals surface area contributed by atoms with Crippen LogP contribution in [0.1, 0.15) is 26.3 Å². The molecule has 0 bridgehead atoms. The van der Waals surface area contributed by atoms with Gasteiger partial charge in [-0.05, 0) is 67.1 Å². The van der Waals surface area contributed by atoms with Crippen LogP contribution >= 0.6 is 22.6 Å². The fraction of sp³-hybridized carbons (Fsp3) is 0.429. The first-order valence-electron chi connectivity index (χ1n) is 6.02. The van der Waals surface area contributed by atoms with E-state index in [0.717, 1.165) is 14.8 Å². The van der Waals surface area contributed by atoms with E-state index in [1.165, 1.54) is 4.90 Å². The molecule has 0 saturated heterocycles. The predicted octanol–water partition coefficient (Wildman–Crippen LogP) is 3.48. The van der Waals surface area contributed by atoms with Crippen molar-refractivity contribution < 1.29 is 9.53 Å². The smallest absolute Gasteiger partial charge is 0.415 e. The molecule has 0 spiro atoms. The highest BCUT2D eigenvalue weighted by Gasteiger charge is 2.36. The van der Waals surface area contributed by atoms with E-state index >= 15 is 0 Å². The summed E-state index contributed by atoms with van der Waals surface area (Å²) < 4.78 is 6.47. The Labute approximate surface area is 126 Å². The molecule has 1 unspecified atom stereocenters. The molecule has 1 aromatic carbocycles. The lowest BCUT2D eigenvalue weighted by molar-refractivity contribution is 0.0576. The molecular formula is C14H15IN2O2. The summed E-state index contributed by atoms with van der Waals surface area (Å²) in [5.74, 6) is 0. The molecule has 0 aliphatic carbocycles. The summed E-state index contributed by atoms with van der Waals surface area (Å²) in [6.07, 6.45) is 0.0982. The van der Waals surface area contributed by atoms with Crippen LogP contribution in [0, 0.1) is 14.9 Å². The summed E-state index contributed by atoms with van der Waals surface area (Å²) in [6.45, 7) is 5.45. The normalized spacial score (nSPS) is 17.8. The Morgan fingerprint density at radius 2 is 2.21 bits per heavy atom. The maximum absolute atomic E-state index is 12.2. The Morgan fingerprint density at radius 3 is 2.79 bits per heavy atom. The largest absolute Gasteiger partial charge is 0.443 e. The molecule has 0 saturated carbocycles. The standard InChI is InChI=1S/C14H15IN2O2/c1-14(2,3)19-13(18)17-11(8-16)7-9-6-10(15)4-5-12(9)17/h4-6,11H,7H2,1-3H3. The van der Waals surface area contributed by atoms with E-state index in [1.807, 2.05) is 39.0 Å². The number of halogens is 1. The maximum Gasteiger partial charge on any atom is 0.415 e. The zero-order valence-corrected chi connectivity index (χ0v) is 13.3. The summed E-state index contributed by atoms with van der Waals surface area (Å²) in [5, 5.41) is 9.22. The van der Waals surface area contributed by atoms with Gasteiger partial charge in [-0.3, -0.25) is 4.90 Å². The molecule has 0 aromatic heterocycles. The molecule has 4 nitrogen and oxygen atoms in total. The van der Waals surface area contributed by atoms with Gasteiger partial charge >= 0.3 is 6.09 Å². The monoisotopic (exact) mass is 370 g/mol. The Morgan fingerprint density at radius 1 is 1.53 bits per heavy atom. The summed E-state index contributed by atoms with van der Waals surface area (Å²) in [6, 6.07) is 7.49. The van der Waals surface area contributed by atoms with Crippen molar-refractivity contribution in [3.63, 3.8) is 0 Å². The van der Waals surface area contributed by atoms with Crippen molar-refractivity contribution in [3.05, 3.63) is 27.3 Å². The van der Waals surface area contributed by atoms with Crippen LogP contribution in [0.25, 0.3) is 0 Å². The fourth-order valence-corrected chi connectivity index (χ4v) is 2.62. The van der Waals surface area contributed by atoms with Crippen LogP contribution in [0.5, 0.6) is 0 Å². The molecule has 0 N–H and O–H groups in total. The summed E-state index contributed by atoms with van der Waals surface area (Å²) in [4.78, 5) is 13.7. The first kappa shape index (κ1) is 14.1. The highest BCUT2D eigenvalue weighted by Crippen LogP contribution is 2.34. The van der Waals surface area contributed by atoms with Crippen molar-refractivity contribution in [2.45, 2.75) is 38.8 Å². The van der Waals surface area contributed by atoms with Gasteiger partial charge in [0.2, 0.25) is 0 Å². The Bertz CT molecular complexity index is 558. The minimum atomic E-state index is -0.566. The molecule has 2 rings (SSSR count). The lowest BCUT2D eigenvalue weighted by atomic mass is 10.1. The van der Waals surface area contributed by atoms with Crippen LogP contribution in [0.3, 0.4) is 0 Å². The average Bonchev–Trinajstić information content (AvgIpc) is 2.63. The third-order valence-corrected chi connectivity index (χ3v) is 3.44. The van der Waals surface area contributed by atoms with E-state index in [0.29, 0.717) is 6.42 Å². The van der Waals surface area contributed by atoms with Gasteiger partial charge in [0.25, 0.3) is 0 Å². The van der Waals surface area contributed by atoms with E-state index in [1.54, 1.807) is 0 Å². The molecule has 100 valence electrons. The van der Waals surface area contributed by atoms with Gasteiger partial charge < -0.3 is 4.74 Å². The van der Waals surface area contributed by atoms with Gasteiger partial charge in [-0.25, -0.2) is 4.79 Å². The van der Waals surface area contributed by atoms with Gasteiger partial charge in [0.15, 0.2) is 0 Å². The van der Waals surface area contributed by atoms with Crippen molar-refractivity contribution in [1.82, 2.24) is 0 Å². The lowest BCUT2D eigenvalue weighted by Gasteiger charge is -2.26. The van der Waals surface area contributed by atoms with Gasteiger partial charge in [-0.2, -0.15) is 5.26 Å². The molecule has 5 heteroatoms. The van der Waals surface area contributed by atoms with Crippen molar-refractivity contribution >= 4 is 34.4 Å². The second-order valence-corrected chi connectivity index (χ2v) is 6.72. The molecule has 1 aliphatic heterocycles. The van der Waals surface area contributed by atoms with Gasteiger partial charge in [-0.15, -0.1) is 0 Å². The number of anilines is 1. The van der Waals surface area contributed by atoms with Crippen molar-refractivity contribution in [3.8, 4) is 6.07 Å². The zero-order chi connectivity index (χ0) is 14.2. The van der Waals surface area contributed by atoms with Gasteiger partial charge in [0, 0.05) is 9.99 Å². The van der Waals surface area contributed by atoms with E-state index in [2.05, 4.69) is 28.7 Å². The average molecular weight is 370 g/mol. The van der Waals surface area contributed by atoms with Crippen LogP contribution in [-0.2, 0) is 11.2 Å². The van der Waals surface area contributed by atoms with Gasteiger partial charge in [0.1, 0.15) is 11.6 Å². The number of hydrogen-bond donors (Lipinski definition) is 0. The number of nitrogens with zero attached hydrogens (tertiary/aromatic N) is 2. The van der Waals surface area contributed by atoms with Crippen molar-refractivity contribution in [2.24, 2.45) is 0 Å². The number of hydrogen-bond acceptors (Lipinski definition) is 3. The van der Waals surface area contributed by atoms with Crippen molar-refractivity contribution in [2.75, 3.05) is 4.90 Å². The number of fused-ring (bicyclic) bond motifs is 1. The zero-order valence-electron chi connectivity index (χ0n) is 11.1. The lowest BCUT2D eigenvalue weighted by Crippen LogP contribution is -2.40. The minimum absolute atomic E-state index is 0.459. The van der Waals surface area contributed by atoms with Crippen LogP contribution < -0.4 is 4.90 Å². The molecule has 0 radical (unpaired) electrons. The van der Waals surface area contributed by atoms with E-state index in [4.69, 9.17) is 4.74 Å². The quantitative estimate of drug-likeness (QED) is 0.657. The van der Waals surface area contributed by atoms with Crippen LogP contribution in [0.4, 0.5) is 10.5 Å². The maximum atomic E-state index is 12.2. The summed E-state index contributed by atoms with van der Waals surface area (Å²) in [5.41, 5.74) is 1.23. The number of benzene rings is 1. The van der Waals surface area contributed by atoms with Crippen LogP contribution in [-0.4, -0.2) is 17.7 Å². The Balaban J connectivity index is 2.34. The molecule has 0 fully saturated rings. The first-order valence-corrected chi connectivity index (χ1v) is 7.10. The highest BCUT2D eigenvalue weighted by atomic mass is 127. The molecule has 1 aromatic rings. The number of nitriles is 1. The third kappa shape index (κ3) is 3.00. The highest BCUT2D eigenvalue weighted by molar-refractivity contribution is 14.1. The van der Waals surface area contributed by atoms with Crippen LogP contribution in [0.15, 0.2) is 18.2 Å². The minimum Gasteiger partial charge on any atom is -0.443 e. The summed E-state index contributed by atoms with van der Waals surface area (Å²) >= 11 is 2.22. The van der Waals surface area contributed by atoms with E-state index in [-0.39, 0.29) is 0 Å². The number of rotatable bonds is 0. The number of carbonyl (C=O) groups excluding carboxylic acids is 1. The topological polar surface area (TPSA) is 53.3 Å². The number of amides is 1. The third-order valence-electron chi connectivity index (χ3n) is 2.77. The molecule has 1 heterocycles. The fourth-order valence-electron chi connectivity index (χ4n) is 2.06. The van der Waals surface area contributed by atoms with E-state index in [9.17, 15) is 10.1 Å². The second-order valence-electron chi connectivity index (χ2n) is 5.47. The SMILES string of the molecule is CC(C)(C)OC(=O)N1c2ccc(I)cc2CC1C#N. The van der Waals surface area contributed by atoms with Gasteiger partial charge in [-0.1, -0.05) is 0 Å². The Hall–Kier alpha value is -1.29. The Kier molecular flexibility index (Phi) is 3.72. The molecule has 1 atom stereocenters. The molecule has 1 aliphatic rings. The molecular weight excluding hydrogens is 355 g/mol. The van der Waals surface area contributed by atoms with E-state index < -0.39 is 17.7 Å². The number of carbonyl (C=O) groups is 1. The second kappa shape index (κ2) is 5.00. The number of ether oxygens (including phenoxy) is 1. The summed E-state index contributed by atoms with van der Waals surface area (Å²) in [7, 11) is 0. The molecule has 19 heavy (non-hydrogen) atoms. The first-order chi connectivity index (χ1) is 8.81.